The summed E-state index contributed by atoms with van der Waals surface area (Å²) in [4.78, 5) is 0. The van der Waals surface area contributed by atoms with E-state index in [-0.39, 0.29) is 17.7 Å². The minimum Gasteiger partial charge on any atom is -0.497 e. The van der Waals surface area contributed by atoms with Gasteiger partial charge < -0.3 is 4.74 Å². The van der Waals surface area contributed by atoms with E-state index in [1.165, 1.54) is 0 Å². The first-order valence-corrected chi connectivity index (χ1v) is 8.80. The molecule has 0 amide bonds. The van der Waals surface area contributed by atoms with E-state index < -0.39 is 10.0 Å². The molecule has 1 rings (SSSR count). The SMILES string of the molecule is CCC(NS(=O)(=O)CC(C)CCl)c1ccc(OC)cc1. The molecular formula is C14H22ClNO3S. The predicted octanol–water partition coefficient (Wildman–Crippen LogP) is 2.94. The van der Waals surface area contributed by atoms with Gasteiger partial charge in [0.25, 0.3) is 0 Å². The van der Waals surface area contributed by atoms with Gasteiger partial charge in [-0.1, -0.05) is 26.0 Å². The molecule has 114 valence electrons. The Bertz CT molecular complexity index is 502. The van der Waals surface area contributed by atoms with Gasteiger partial charge >= 0.3 is 0 Å². The number of benzene rings is 1. The molecule has 2 unspecified atom stereocenters. The lowest BCUT2D eigenvalue weighted by Gasteiger charge is -2.19. The molecule has 20 heavy (non-hydrogen) atoms. The van der Waals surface area contributed by atoms with E-state index in [2.05, 4.69) is 4.72 Å². The second kappa shape index (κ2) is 7.86. The van der Waals surface area contributed by atoms with Gasteiger partial charge in [-0.15, -0.1) is 11.6 Å². The zero-order valence-electron chi connectivity index (χ0n) is 12.1. The highest BCUT2D eigenvalue weighted by molar-refractivity contribution is 7.89. The normalized spacial score (nSPS) is 14.8. The van der Waals surface area contributed by atoms with Crippen LogP contribution in [-0.2, 0) is 10.0 Å². The van der Waals surface area contributed by atoms with Gasteiger partial charge in [0.1, 0.15) is 5.75 Å². The molecule has 0 saturated heterocycles. The van der Waals surface area contributed by atoms with Gasteiger partial charge in [-0.05, 0) is 30.0 Å². The van der Waals surface area contributed by atoms with E-state index in [1.807, 2.05) is 38.1 Å². The van der Waals surface area contributed by atoms with Crippen LogP contribution in [0.25, 0.3) is 0 Å². The average Bonchev–Trinajstić information content (AvgIpc) is 2.44. The number of hydrogen-bond acceptors (Lipinski definition) is 3. The van der Waals surface area contributed by atoms with Crippen molar-refractivity contribution in [3.05, 3.63) is 29.8 Å². The van der Waals surface area contributed by atoms with Crippen molar-refractivity contribution in [2.75, 3.05) is 18.7 Å². The van der Waals surface area contributed by atoms with Crippen LogP contribution in [0.3, 0.4) is 0 Å². The van der Waals surface area contributed by atoms with Crippen molar-refractivity contribution in [3.8, 4) is 5.75 Å². The first-order chi connectivity index (χ1) is 9.41. The second-order valence-corrected chi connectivity index (χ2v) is 7.00. The number of rotatable bonds is 8. The minimum atomic E-state index is -3.33. The van der Waals surface area contributed by atoms with Crippen molar-refractivity contribution >= 4 is 21.6 Å². The van der Waals surface area contributed by atoms with E-state index in [0.29, 0.717) is 12.3 Å². The van der Waals surface area contributed by atoms with E-state index in [9.17, 15) is 8.42 Å². The number of halogens is 1. The molecule has 0 bridgehead atoms. The maximum atomic E-state index is 12.1. The largest absolute Gasteiger partial charge is 0.497 e. The molecule has 1 N–H and O–H groups in total. The zero-order valence-corrected chi connectivity index (χ0v) is 13.7. The molecule has 0 aliphatic heterocycles. The second-order valence-electron chi connectivity index (χ2n) is 4.89. The predicted molar refractivity (Wildman–Crippen MR) is 82.8 cm³/mol. The molecule has 0 fully saturated rings. The van der Waals surface area contributed by atoms with E-state index in [0.717, 1.165) is 11.3 Å². The molecule has 0 saturated carbocycles. The quantitative estimate of drug-likeness (QED) is 0.749. The first-order valence-electron chi connectivity index (χ1n) is 6.61. The van der Waals surface area contributed by atoms with Crippen molar-refractivity contribution in [2.45, 2.75) is 26.3 Å². The molecule has 0 radical (unpaired) electrons. The molecule has 4 nitrogen and oxygen atoms in total. The summed E-state index contributed by atoms with van der Waals surface area (Å²) < 4.78 is 32.0. The molecule has 6 heteroatoms. The highest BCUT2D eigenvalue weighted by Crippen LogP contribution is 2.21. The fourth-order valence-electron chi connectivity index (χ4n) is 1.91. The van der Waals surface area contributed by atoms with Crippen LogP contribution < -0.4 is 9.46 Å². The zero-order chi connectivity index (χ0) is 15.2. The van der Waals surface area contributed by atoms with Crippen LogP contribution in [0.1, 0.15) is 31.9 Å². The molecule has 0 spiro atoms. The molecular weight excluding hydrogens is 298 g/mol. The third-order valence-electron chi connectivity index (χ3n) is 3.02. The molecule has 1 aromatic carbocycles. The van der Waals surface area contributed by atoms with Crippen LogP contribution in [-0.4, -0.2) is 27.2 Å². The van der Waals surface area contributed by atoms with Gasteiger partial charge in [0, 0.05) is 11.9 Å². The Morgan fingerprint density at radius 2 is 1.90 bits per heavy atom. The minimum absolute atomic E-state index is 0.0448. The lowest BCUT2D eigenvalue weighted by molar-refractivity contribution is 0.414. The molecule has 0 aromatic heterocycles. The topological polar surface area (TPSA) is 55.4 Å². The smallest absolute Gasteiger partial charge is 0.212 e. The van der Waals surface area contributed by atoms with Gasteiger partial charge in [-0.2, -0.15) is 0 Å². The standard InChI is InChI=1S/C14H22ClNO3S/c1-4-14(12-5-7-13(19-3)8-6-12)16-20(17,18)10-11(2)9-15/h5-8,11,14,16H,4,9-10H2,1-3H3. The number of alkyl halides is 1. The Kier molecular flexibility index (Phi) is 6.79. The lowest BCUT2D eigenvalue weighted by atomic mass is 10.1. The van der Waals surface area contributed by atoms with Gasteiger partial charge in [0.2, 0.25) is 10.0 Å². The van der Waals surface area contributed by atoms with Crippen LogP contribution >= 0.6 is 11.6 Å². The van der Waals surface area contributed by atoms with Crippen molar-refractivity contribution in [1.29, 1.82) is 0 Å². The van der Waals surface area contributed by atoms with Crippen molar-refractivity contribution in [2.24, 2.45) is 5.92 Å². The van der Waals surface area contributed by atoms with Crippen LogP contribution in [0.2, 0.25) is 0 Å². The summed E-state index contributed by atoms with van der Waals surface area (Å²) in [7, 11) is -1.73. The average molecular weight is 320 g/mol. The third kappa shape index (κ3) is 5.31. The number of sulfonamides is 1. The fraction of sp³-hybridized carbons (Fsp3) is 0.571. The van der Waals surface area contributed by atoms with Crippen molar-refractivity contribution in [3.63, 3.8) is 0 Å². The summed E-state index contributed by atoms with van der Waals surface area (Å²) in [6.07, 6.45) is 0.681. The highest BCUT2D eigenvalue weighted by Gasteiger charge is 2.20. The van der Waals surface area contributed by atoms with Gasteiger partial charge in [-0.25, -0.2) is 13.1 Å². The maximum Gasteiger partial charge on any atom is 0.212 e. The number of hydrogen-bond donors (Lipinski definition) is 1. The third-order valence-corrected chi connectivity index (χ3v) is 5.19. The molecule has 0 heterocycles. The van der Waals surface area contributed by atoms with Crippen LogP contribution in [0.5, 0.6) is 5.75 Å². The van der Waals surface area contributed by atoms with E-state index >= 15 is 0 Å². The van der Waals surface area contributed by atoms with Crippen molar-refractivity contribution < 1.29 is 13.2 Å². The van der Waals surface area contributed by atoms with Crippen LogP contribution in [0.4, 0.5) is 0 Å². The summed E-state index contributed by atoms with van der Waals surface area (Å²) in [6, 6.07) is 7.18. The Hall–Kier alpha value is -0.780. The Morgan fingerprint density at radius 3 is 2.35 bits per heavy atom. The summed E-state index contributed by atoms with van der Waals surface area (Å²) in [5.74, 6) is 1.06. The van der Waals surface area contributed by atoms with Gasteiger partial charge in [-0.3, -0.25) is 0 Å². The summed E-state index contributed by atoms with van der Waals surface area (Å²) in [5, 5.41) is 0. The summed E-state index contributed by atoms with van der Waals surface area (Å²) in [6.45, 7) is 3.77. The Balaban J connectivity index is 2.80. The molecule has 0 aliphatic carbocycles. The van der Waals surface area contributed by atoms with Crippen LogP contribution in [0.15, 0.2) is 24.3 Å². The van der Waals surface area contributed by atoms with Gasteiger partial charge in [0.15, 0.2) is 0 Å². The lowest BCUT2D eigenvalue weighted by Crippen LogP contribution is -2.32. The highest BCUT2D eigenvalue weighted by atomic mass is 35.5. The monoisotopic (exact) mass is 319 g/mol. The first kappa shape index (κ1) is 17.3. The number of nitrogens with one attached hydrogen (secondary N) is 1. The molecule has 1 aromatic rings. The fourth-order valence-corrected chi connectivity index (χ4v) is 3.85. The van der Waals surface area contributed by atoms with Crippen molar-refractivity contribution in [1.82, 2.24) is 4.72 Å². The van der Waals surface area contributed by atoms with E-state index in [1.54, 1.807) is 7.11 Å². The van der Waals surface area contributed by atoms with E-state index in [4.69, 9.17) is 16.3 Å². The number of methoxy groups -OCH3 is 1. The van der Waals surface area contributed by atoms with Gasteiger partial charge in [0.05, 0.1) is 12.9 Å². The molecule has 0 aliphatic rings. The number of ether oxygens (including phenoxy) is 1. The Morgan fingerprint density at radius 1 is 1.30 bits per heavy atom. The van der Waals surface area contributed by atoms with Crippen LogP contribution in [0, 0.1) is 5.92 Å². The summed E-state index contributed by atoms with van der Waals surface area (Å²) in [5.41, 5.74) is 0.926. The summed E-state index contributed by atoms with van der Waals surface area (Å²) >= 11 is 5.67. The maximum absolute atomic E-state index is 12.1. The Labute approximate surface area is 126 Å². The molecule has 2 atom stereocenters.